The average molecular weight is 558 g/mol. The number of nitrogens with zero attached hydrogens (tertiary/aromatic N) is 4. The van der Waals surface area contributed by atoms with E-state index in [-0.39, 0.29) is 11.4 Å². The molecule has 212 valence electrons. The molecule has 0 unspecified atom stereocenters. The van der Waals surface area contributed by atoms with E-state index in [4.69, 9.17) is 4.74 Å². The number of H-pyrrole nitrogens is 1. The Morgan fingerprint density at radius 3 is 2.68 bits per heavy atom. The second-order valence-electron chi connectivity index (χ2n) is 10.5. The zero-order chi connectivity index (χ0) is 28.3. The van der Waals surface area contributed by atoms with Gasteiger partial charge in [-0.3, -0.25) is 9.69 Å². The molecule has 0 spiro atoms. The summed E-state index contributed by atoms with van der Waals surface area (Å²) < 4.78 is 20.4. The number of likely N-dealkylation sites (N-methyl/N-ethyl adjacent to an activating group) is 1. The normalized spacial score (nSPS) is 16.0. The summed E-state index contributed by atoms with van der Waals surface area (Å²) in [5.74, 6) is -0.335. The first kappa shape index (κ1) is 26.9. The van der Waals surface area contributed by atoms with E-state index in [2.05, 4.69) is 37.9 Å². The fraction of sp³-hybridized carbons (Fsp3) is 0.300. The number of ether oxygens (including phenoxy) is 1. The molecule has 0 saturated carbocycles. The number of aromatic nitrogens is 2. The minimum atomic E-state index is -0.526. The number of halogens is 1. The summed E-state index contributed by atoms with van der Waals surface area (Å²) in [6.45, 7) is 5.39. The molecule has 0 bridgehead atoms. The summed E-state index contributed by atoms with van der Waals surface area (Å²) in [5, 5.41) is 9.73. The zero-order valence-electron chi connectivity index (χ0n) is 22.8. The number of nitrogens with one attached hydrogen (secondary N) is 3. The van der Waals surface area contributed by atoms with Gasteiger partial charge in [0.25, 0.3) is 5.56 Å². The van der Waals surface area contributed by atoms with Crippen molar-refractivity contribution in [2.24, 2.45) is 0 Å². The quantitative estimate of drug-likeness (QED) is 0.318. The van der Waals surface area contributed by atoms with Crippen LogP contribution in [0, 0.1) is 5.82 Å². The van der Waals surface area contributed by atoms with Crippen molar-refractivity contribution in [3.63, 3.8) is 0 Å². The molecule has 0 radical (unpaired) electrons. The van der Waals surface area contributed by atoms with Gasteiger partial charge in [-0.15, -0.1) is 5.12 Å². The molecular formula is C30H32FN7O3. The Morgan fingerprint density at radius 1 is 1.05 bits per heavy atom. The first-order valence-corrected chi connectivity index (χ1v) is 13.7. The van der Waals surface area contributed by atoms with Crippen LogP contribution >= 0.6 is 0 Å². The number of amides is 1. The fourth-order valence-electron chi connectivity index (χ4n) is 5.31. The summed E-state index contributed by atoms with van der Waals surface area (Å²) in [5.41, 5.74) is 10.1. The van der Waals surface area contributed by atoms with Crippen molar-refractivity contribution in [1.29, 1.82) is 0 Å². The summed E-state index contributed by atoms with van der Waals surface area (Å²) >= 11 is 0. The Morgan fingerprint density at radius 2 is 1.85 bits per heavy atom. The molecule has 3 N–H and O–H groups in total. The minimum absolute atomic E-state index is 0.238. The predicted octanol–water partition coefficient (Wildman–Crippen LogP) is 3.35. The van der Waals surface area contributed by atoms with E-state index < -0.39 is 6.09 Å². The number of hydrogen-bond acceptors (Lipinski definition) is 8. The van der Waals surface area contributed by atoms with Gasteiger partial charge in [-0.2, -0.15) is 5.10 Å². The smallest absolute Gasteiger partial charge is 0.423 e. The van der Waals surface area contributed by atoms with Gasteiger partial charge < -0.3 is 15.1 Å². The molecule has 0 atom stereocenters. The molecule has 1 aromatic heterocycles. The van der Waals surface area contributed by atoms with Gasteiger partial charge in [0.05, 0.1) is 23.3 Å². The summed E-state index contributed by atoms with van der Waals surface area (Å²) in [7, 11) is 2.11. The lowest BCUT2D eigenvalue weighted by Crippen LogP contribution is -2.46. The van der Waals surface area contributed by atoms with E-state index in [0.29, 0.717) is 42.8 Å². The van der Waals surface area contributed by atoms with Crippen molar-refractivity contribution in [2.45, 2.75) is 13.0 Å². The predicted molar refractivity (Wildman–Crippen MR) is 155 cm³/mol. The molecule has 2 aliphatic rings. The SMILES string of the molecule is CN1CCN(CCOC(=O)NN2Cc3cc(-c4cc(Cc5n[nH]c(=O)c6ccccc56)ccc4F)ccc3N2)CC1. The van der Waals surface area contributed by atoms with Gasteiger partial charge in [-0.25, -0.2) is 19.7 Å². The third kappa shape index (κ3) is 6.07. The lowest BCUT2D eigenvalue weighted by molar-refractivity contribution is 0.0886. The van der Waals surface area contributed by atoms with E-state index in [1.54, 1.807) is 17.3 Å². The van der Waals surface area contributed by atoms with Crippen LogP contribution in [0.1, 0.15) is 16.8 Å². The molecule has 1 fully saturated rings. The number of carbonyl (C=O) groups is 1. The van der Waals surface area contributed by atoms with E-state index in [1.165, 1.54) is 6.07 Å². The molecule has 4 aromatic rings. The van der Waals surface area contributed by atoms with Gasteiger partial charge in [0.15, 0.2) is 0 Å². The maximum absolute atomic E-state index is 15.0. The molecule has 3 aromatic carbocycles. The molecular weight excluding hydrogens is 525 g/mol. The monoisotopic (exact) mass is 557 g/mol. The third-order valence-corrected chi connectivity index (χ3v) is 7.64. The molecule has 3 heterocycles. The highest BCUT2D eigenvalue weighted by Gasteiger charge is 2.22. The Hall–Kier alpha value is -4.32. The minimum Gasteiger partial charge on any atom is -0.447 e. The summed E-state index contributed by atoms with van der Waals surface area (Å²) in [6.07, 6.45) is -0.0899. The topological polar surface area (TPSA) is 106 Å². The van der Waals surface area contributed by atoms with Gasteiger partial charge >= 0.3 is 6.09 Å². The number of carbonyl (C=O) groups excluding carboxylic acids is 1. The van der Waals surface area contributed by atoms with E-state index in [9.17, 15) is 9.59 Å². The van der Waals surface area contributed by atoms with Crippen LogP contribution in [0.3, 0.4) is 0 Å². The molecule has 1 saturated heterocycles. The second kappa shape index (κ2) is 11.7. The Bertz CT molecular complexity index is 1630. The van der Waals surface area contributed by atoms with Crippen molar-refractivity contribution in [3.8, 4) is 11.1 Å². The maximum atomic E-state index is 15.0. The number of hydrazine groups is 2. The van der Waals surface area contributed by atoms with Crippen molar-refractivity contribution in [1.82, 2.24) is 30.5 Å². The van der Waals surface area contributed by atoms with Crippen LogP contribution in [0.5, 0.6) is 0 Å². The van der Waals surface area contributed by atoms with Crippen molar-refractivity contribution in [2.75, 3.05) is 51.8 Å². The number of benzene rings is 3. The van der Waals surface area contributed by atoms with Crippen molar-refractivity contribution < 1.29 is 13.9 Å². The Balaban J connectivity index is 1.10. The van der Waals surface area contributed by atoms with Gasteiger partial charge in [0.2, 0.25) is 0 Å². The highest BCUT2D eigenvalue weighted by molar-refractivity contribution is 5.83. The summed E-state index contributed by atoms with van der Waals surface area (Å²) in [4.78, 5) is 29.1. The van der Waals surface area contributed by atoms with Crippen LogP contribution in [0.2, 0.25) is 0 Å². The van der Waals surface area contributed by atoms with Crippen LogP contribution in [-0.2, 0) is 17.7 Å². The number of fused-ring (bicyclic) bond motifs is 2. The van der Waals surface area contributed by atoms with Gasteiger partial charge in [0.1, 0.15) is 12.4 Å². The number of rotatable bonds is 7. The molecule has 0 aliphatic carbocycles. The first-order chi connectivity index (χ1) is 19.9. The zero-order valence-corrected chi connectivity index (χ0v) is 22.8. The molecule has 6 rings (SSSR count). The van der Waals surface area contributed by atoms with Gasteiger partial charge in [0, 0.05) is 50.1 Å². The van der Waals surface area contributed by atoms with Crippen molar-refractivity contribution >= 4 is 22.6 Å². The molecule has 41 heavy (non-hydrogen) atoms. The maximum Gasteiger partial charge on any atom is 0.423 e. The fourth-order valence-corrected chi connectivity index (χ4v) is 5.31. The lowest BCUT2D eigenvalue weighted by Gasteiger charge is -2.32. The number of aromatic amines is 1. The first-order valence-electron chi connectivity index (χ1n) is 13.7. The lowest BCUT2D eigenvalue weighted by atomic mass is 9.97. The number of piperazine rings is 1. The van der Waals surface area contributed by atoms with Crippen LogP contribution in [-0.4, -0.2) is 77.6 Å². The number of hydrogen-bond donors (Lipinski definition) is 3. The van der Waals surface area contributed by atoms with Crippen LogP contribution in [0.4, 0.5) is 14.9 Å². The molecule has 1 amide bonds. The summed E-state index contributed by atoms with van der Waals surface area (Å²) in [6, 6.07) is 17.9. The highest BCUT2D eigenvalue weighted by atomic mass is 19.1. The second-order valence-corrected chi connectivity index (χ2v) is 10.5. The molecule has 11 heteroatoms. The molecule has 10 nitrogen and oxygen atoms in total. The Kier molecular flexibility index (Phi) is 7.64. The largest absolute Gasteiger partial charge is 0.447 e. The van der Waals surface area contributed by atoms with Crippen LogP contribution < -0.4 is 16.4 Å². The Labute approximate surface area is 236 Å². The molecule has 2 aliphatic heterocycles. The van der Waals surface area contributed by atoms with Crippen LogP contribution in [0.25, 0.3) is 21.9 Å². The highest BCUT2D eigenvalue weighted by Crippen LogP contribution is 2.32. The van der Waals surface area contributed by atoms with Gasteiger partial charge in [-0.1, -0.05) is 30.3 Å². The van der Waals surface area contributed by atoms with Gasteiger partial charge in [-0.05, 0) is 54.1 Å². The third-order valence-electron chi connectivity index (χ3n) is 7.64. The van der Waals surface area contributed by atoms with E-state index in [1.807, 2.05) is 42.5 Å². The van der Waals surface area contributed by atoms with Crippen LogP contribution in [0.15, 0.2) is 65.5 Å². The number of anilines is 1. The van der Waals surface area contributed by atoms with E-state index in [0.717, 1.165) is 53.9 Å². The standard InChI is InChI=1S/C30H32FN7O3/c1-36-10-12-37(13-11-36)14-15-41-30(40)35-38-19-22-18-21(7-9-27(22)34-38)25-16-20(6-8-26(25)31)17-28-23-4-2-3-5-24(23)29(39)33-32-28/h2-9,16,18,34H,10-15,17,19H2,1H3,(H,33,39)(H,35,40). The average Bonchev–Trinajstić information content (AvgIpc) is 3.38. The van der Waals surface area contributed by atoms with E-state index >= 15 is 4.39 Å². The van der Waals surface area contributed by atoms with Crippen molar-refractivity contribution in [3.05, 3.63) is 93.7 Å².